The molecule has 8 rings (SSSR count). The Morgan fingerprint density at radius 2 is 1.53 bits per heavy atom. The number of carbonyl (C=O) groups is 4. The van der Waals surface area contributed by atoms with Crippen LogP contribution in [0, 0.1) is 23.7 Å². The van der Waals surface area contributed by atoms with Crippen LogP contribution in [-0.4, -0.2) is 59.9 Å². The molecule has 4 aromatic carbocycles. The molecule has 266 valence electrons. The molecule has 0 radical (unpaired) electrons. The number of carbonyl (C=O) groups excluding carboxylic acids is 4. The number of amides is 2. The fourth-order valence-corrected chi connectivity index (χ4v) is 9.43. The van der Waals surface area contributed by atoms with E-state index < -0.39 is 53.9 Å². The average Bonchev–Trinajstić information content (AvgIpc) is 3.44. The summed E-state index contributed by atoms with van der Waals surface area (Å²) in [5.41, 5.74) is 1.11. The van der Waals surface area contributed by atoms with Crippen molar-refractivity contribution in [1.82, 2.24) is 0 Å². The second-order valence-corrected chi connectivity index (χ2v) is 14.0. The third-order valence-corrected chi connectivity index (χ3v) is 11.6. The van der Waals surface area contributed by atoms with Crippen LogP contribution in [0.15, 0.2) is 115 Å². The van der Waals surface area contributed by atoms with Gasteiger partial charge in [0.2, 0.25) is 11.8 Å². The number of anilines is 1. The van der Waals surface area contributed by atoms with Crippen molar-refractivity contribution >= 4 is 47.2 Å². The van der Waals surface area contributed by atoms with Gasteiger partial charge in [-0.1, -0.05) is 84.4 Å². The predicted octanol–water partition coefficient (Wildman–Crippen LogP) is 4.12. The minimum absolute atomic E-state index is 0.0780. The van der Waals surface area contributed by atoms with Crippen molar-refractivity contribution in [2.24, 2.45) is 23.7 Å². The van der Waals surface area contributed by atoms with Gasteiger partial charge in [-0.05, 0) is 53.6 Å². The van der Waals surface area contributed by atoms with Crippen molar-refractivity contribution in [2.75, 3.05) is 19.1 Å². The van der Waals surface area contributed by atoms with E-state index in [9.17, 15) is 24.7 Å². The van der Waals surface area contributed by atoms with Crippen molar-refractivity contribution in [2.45, 2.75) is 24.2 Å². The SMILES string of the molecule is COc1cc(O)c(C2C3=CCC4C(=O)N(c5cccc(B(O)O)c5)C(=O)C4C3CC3C(=O)C(c4ccccc4)=CC(=O)C32c2ccccc2)c(OC)c1. The van der Waals surface area contributed by atoms with Gasteiger partial charge in [-0.25, -0.2) is 0 Å². The lowest BCUT2D eigenvalue weighted by molar-refractivity contribution is -0.135. The van der Waals surface area contributed by atoms with Crippen LogP contribution in [0.5, 0.6) is 17.2 Å². The van der Waals surface area contributed by atoms with E-state index in [0.29, 0.717) is 22.4 Å². The maximum atomic E-state index is 15.3. The van der Waals surface area contributed by atoms with Gasteiger partial charge in [-0.3, -0.25) is 24.1 Å². The van der Waals surface area contributed by atoms with Crippen LogP contribution >= 0.6 is 0 Å². The second kappa shape index (κ2) is 13.0. The molecular weight excluding hydrogens is 673 g/mol. The number of nitrogens with zero attached hydrogens (tertiary/aromatic N) is 1. The minimum atomic E-state index is -1.81. The Morgan fingerprint density at radius 3 is 2.21 bits per heavy atom. The summed E-state index contributed by atoms with van der Waals surface area (Å²) in [5.74, 6) is -5.55. The number of phenolic OH excluding ortho intramolecular Hbond substituents is 1. The predicted molar refractivity (Wildman–Crippen MR) is 197 cm³/mol. The maximum absolute atomic E-state index is 15.3. The van der Waals surface area contributed by atoms with Gasteiger partial charge >= 0.3 is 7.12 Å². The van der Waals surface area contributed by atoms with Crippen molar-refractivity contribution in [3.8, 4) is 17.2 Å². The number of ether oxygens (including phenoxy) is 2. The zero-order valence-electron chi connectivity index (χ0n) is 29.0. The summed E-state index contributed by atoms with van der Waals surface area (Å²) in [6.07, 6.45) is 3.56. The molecule has 1 saturated heterocycles. The van der Waals surface area contributed by atoms with E-state index >= 15 is 9.59 Å². The fourth-order valence-electron chi connectivity index (χ4n) is 9.43. The van der Waals surface area contributed by atoms with Crippen LogP contribution in [-0.2, 0) is 24.6 Å². The summed E-state index contributed by atoms with van der Waals surface area (Å²) in [5, 5.41) is 31.6. The first-order valence-corrected chi connectivity index (χ1v) is 17.5. The molecule has 6 unspecified atom stereocenters. The highest BCUT2D eigenvalue weighted by Gasteiger charge is 2.66. The standard InChI is InChI=1S/C42H36BNO9/c1-52-27-19-33(45)37(34(20-27)53-2)38-28-16-17-29-36(41(49)44(40(29)48)26-15-9-14-25(18-26)43(50)51)31(28)21-32-39(47)30(23-10-5-3-6-11-23)22-35(46)42(32,38)24-12-7-4-8-13-24/h3-16,18-20,22,29,31-32,36,38,45,50-51H,17,21H2,1-2H3. The molecule has 4 aromatic rings. The number of aromatic hydroxyl groups is 1. The summed E-state index contributed by atoms with van der Waals surface area (Å²) in [6.45, 7) is 0. The molecule has 10 nitrogen and oxygen atoms in total. The Balaban J connectivity index is 1.38. The zero-order valence-corrected chi connectivity index (χ0v) is 29.0. The van der Waals surface area contributed by atoms with Crippen molar-refractivity contribution < 1.29 is 43.8 Å². The van der Waals surface area contributed by atoms with Gasteiger partial charge in [0.1, 0.15) is 17.2 Å². The van der Waals surface area contributed by atoms with E-state index in [1.54, 1.807) is 42.5 Å². The summed E-state index contributed by atoms with van der Waals surface area (Å²) >= 11 is 0. The van der Waals surface area contributed by atoms with Crippen molar-refractivity contribution in [3.05, 3.63) is 131 Å². The molecule has 2 fully saturated rings. The van der Waals surface area contributed by atoms with Crippen LogP contribution in [0.4, 0.5) is 5.69 Å². The van der Waals surface area contributed by atoms with Gasteiger partial charge < -0.3 is 24.6 Å². The zero-order chi connectivity index (χ0) is 37.2. The first kappa shape index (κ1) is 34.3. The highest BCUT2D eigenvalue weighted by Crippen LogP contribution is 2.65. The van der Waals surface area contributed by atoms with Crippen molar-refractivity contribution in [1.29, 1.82) is 0 Å². The van der Waals surface area contributed by atoms with E-state index in [-0.39, 0.29) is 58.2 Å². The first-order valence-electron chi connectivity index (χ1n) is 17.5. The summed E-state index contributed by atoms with van der Waals surface area (Å²) in [6, 6.07) is 27.1. The monoisotopic (exact) mass is 709 g/mol. The van der Waals surface area contributed by atoms with Gasteiger partial charge in [0, 0.05) is 35.1 Å². The number of hydrogen-bond donors (Lipinski definition) is 3. The lowest BCUT2D eigenvalue weighted by Crippen LogP contribution is -2.58. The van der Waals surface area contributed by atoms with Gasteiger partial charge in [0.15, 0.2) is 11.6 Å². The second-order valence-electron chi connectivity index (χ2n) is 14.0. The molecule has 0 aromatic heterocycles. The van der Waals surface area contributed by atoms with Crippen LogP contribution in [0.3, 0.4) is 0 Å². The van der Waals surface area contributed by atoms with Gasteiger partial charge in [-0.2, -0.15) is 0 Å². The maximum Gasteiger partial charge on any atom is 0.488 e. The lowest BCUT2D eigenvalue weighted by Gasteiger charge is -2.55. The van der Waals surface area contributed by atoms with Crippen LogP contribution in [0.25, 0.3) is 5.57 Å². The third-order valence-electron chi connectivity index (χ3n) is 11.6. The average molecular weight is 710 g/mol. The molecule has 0 spiro atoms. The van der Waals surface area contributed by atoms with Gasteiger partial charge in [0.05, 0.1) is 37.2 Å². The van der Waals surface area contributed by atoms with Crippen LogP contribution < -0.4 is 19.8 Å². The molecule has 6 atom stereocenters. The molecule has 11 heteroatoms. The normalized spacial score (nSPS) is 26.3. The molecule has 3 N–H and O–H groups in total. The fraction of sp³-hybridized carbons (Fsp3) is 0.238. The number of fused-ring (bicyclic) bond motifs is 4. The number of Topliss-reactive ketones (excluding diaryl/α,β-unsaturated/α-hetero) is 1. The Morgan fingerprint density at radius 1 is 0.811 bits per heavy atom. The van der Waals surface area contributed by atoms with Gasteiger partial charge in [0.25, 0.3) is 0 Å². The van der Waals surface area contributed by atoms with E-state index in [1.165, 1.54) is 38.5 Å². The quantitative estimate of drug-likeness (QED) is 0.146. The highest BCUT2D eigenvalue weighted by atomic mass is 16.5. The number of hydrogen-bond acceptors (Lipinski definition) is 9. The number of benzene rings is 4. The third kappa shape index (κ3) is 5.09. The number of allylic oxidation sites excluding steroid dienone is 4. The van der Waals surface area contributed by atoms with Crippen molar-refractivity contribution in [3.63, 3.8) is 0 Å². The molecular formula is C42H36BNO9. The van der Waals surface area contributed by atoms with Crippen LogP contribution in [0.1, 0.15) is 35.4 Å². The molecule has 2 amide bonds. The molecule has 1 heterocycles. The van der Waals surface area contributed by atoms with E-state index in [4.69, 9.17) is 9.47 Å². The molecule has 0 bridgehead atoms. The van der Waals surface area contributed by atoms with E-state index in [2.05, 4.69) is 0 Å². The summed E-state index contributed by atoms with van der Waals surface area (Å²) in [4.78, 5) is 60.3. The lowest BCUT2D eigenvalue weighted by atomic mass is 9.44. The number of methoxy groups -OCH3 is 2. The van der Waals surface area contributed by atoms with E-state index in [1.807, 2.05) is 42.5 Å². The minimum Gasteiger partial charge on any atom is -0.507 e. The van der Waals surface area contributed by atoms with Crippen LogP contribution in [0.2, 0.25) is 0 Å². The first-order chi connectivity index (χ1) is 25.6. The number of imide groups is 1. The highest BCUT2D eigenvalue weighted by molar-refractivity contribution is 6.58. The summed E-state index contributed by atoms with van der Waals surface area (Å²) in [7, 11) is 1.10. The number of ketones is 2. The topological polar surface area (TPSA) is 151 Å². The van der Waals surface area contributed by atoms with Gasteiger partial charge in [-0.15, -0.1) is 0 Å². The molecule has 3 aliphatic carbocycles. The largest absolute Gasteiger partial charge is 0.507 e. The Labute approximate surface area is 306 Å². The number of phenols is 1. The molecule has 1 saturated carbocycles. The Hall–Kier alpha value is -5.78. The number of rotatable bonds is 7. The summed E-state index contributed by atoms with van der Waals surface area (Å²) < 4.78 is 11.4. The Kier molecular flexibility index (Phi) is 8.43. The Bertz CT molecular complexity index is 2230. The van der Waals surface area contributed by atoms with E-state index in [0.717, 1.165) is 4.90 Å². The molecule has 4 aliphatic rings. The molecule has 53 heavy (non-hydrogen) atoms. The smallest absolute Gasteiger partial charge is 0.488 e. The molecule has 1 aliphatic heterocycles.